The van der Waals surface area contributed by atoms with E-state index in [2.05, 4.69) is 9.97 Å². The lowest BCUT2D eigenvalue weighted by Crippen LogP contribution is -2.03. The van der Waals surface area contributed by atoms with Crippen molar-refractivity contribution in [1.29, 1.82) is 0 Å². The lowest BCUT2D eigenvalue weighted by Gasteiger charge is -2.04. The SMILES string of the molecule is Nc1nc(SCC(=O)c2ccccc2)nc2sc3c(c12)CCCCC3. The Labute approximate surface area is 154 Å². The third-order valence-corrected chi connectivity index (χ3v) is 6.53. The van der Waals surface area contributed by atoms with E-state index < -0.39 is 0 Å². The number of carbonyl (C=O) groups is 1. The highest BCUT2D eigenvalue weighted by molar-refractivity contribution is 7.99. The normalized spacial score (nSPS) is 14.2. The van der Waals surface area contributed by atoms with Crippen molar-refractivity contribution >= 4 is 44.9 Å². The van der Waals surface area contributed by atoms with Crippen LogP contribution in [0.4, 0.5) is 5.82 Å². The Morgan fingerprint density at radius 3 is 2.76 bits per heavy atom. The standard InChI is InChI=1S/C19H19N3OS2/c20-17-16-13-9-5-2-6-10-15(13)25-18(16)22-19(21-17)24-11-14(23)12-7-3-1-4-8-12/h1,3-4,7-8H,2,5-6,9-11H2,(H2,20,21,22). The number of ketones is 1. The van der Waals surface area contributed by atoms with Gasteiger partial charge in [-0.15, -0.1) is 11.3 Å². The summed E-state index contributed by atoms with van der Waals surface area (Å²) < 4.78 is 0. The topological polar surface area (TPSA) is 68.9 Å². The molecule has 1 aliphatic carbocycles. The second-order valence-electron chi connectivity index (χ2n) is 6.21. The molecule has 1 aliphatic rings. The van der Waals surface area contributed by atoms with E-state index in [1.807, 2.05) is 30.3 Å². The molecule has 128 valence electrons. The first-order valence-electron chi connectivity index (χ1n) is 8.51. The second-order valence-corrected chi connectivity index (χ2v) is 8.24. The maximum atomic E-state index is 12.3. The maximum absolute atomic E-state index is 12.3. The fourth-order valence-corrected chi connectivity index (χ4v) is 5.32. The van der Waals surface area contributed by atoms with Crippen LogP contribution in [-0.4, -0.2) is 21.5 Å². The first-order valence-corrected chi connectivity index (χ1v) is 10.3. The van der Waals surface area contributed by atoms with E-state index in [9.17, 15) is 4.79 Å². The van der Waals surface area contributed by atoms with Gasteiger partial charge in [-0.05, 0) is 31.2 Å². The molecule has 0 saturated carbocycles. The maximum Gasteiger partial charge on any atom is 0.191 e. The molecule has 2 N–H and O–H groups in total. The monoisotopic (exact) mass is 369 g/mol. The zero-order chi connectivity index (χ0) is 17.2. The summed E-state index contributed by atoms with van der Waals surface area (Å²) in [7, 11) is 0. The van der Waals surface area contributed by atoms with Gasteiger partial charge in [0.15, 0.2) is 10.9 Å². The van der Waals surface area contributed by atoms with Gasteiger partial charge in [-0.1, -0.05) is 48.5 Å². The third-order valence-electron chi connectivity index (χ3n) is 4.50. The number of carbonyl (C=O) groups excluding carboxylic acids is 1. The summed E-state index contributed by atoms with van der Waals surface area (Å²) in [4.78, 5) is 23.8. The summed E-state index contributed by atoms with van der Waals surface area (Å²) in [6, 6.07) is 9.31. The average molecular weight is 370 g/mol. The van der Waals surface area contributed by atoms with Gasteiger partial charge in [0, 0.05) is 10.4 Å². The number of benzene rings is 1. The molecule has 3 aromatic rings. The first-order chi connectivity index (χ1) is 12.2. The highest BCUT2D eigenvalue weighted by Gasteiger charge is 2.19. The molecule has 0 spiro atoms. The molecule has 4 rings (SSSR count). The Balaban J connectivity index is 1.58. The number of nitrogens with zero attached hydrogens (tertiary/aromatic N) is 2. The number of fused-ring (bicyclic) bond motifs is 3. The van der Waals surface area contributed by atoms with E-state index in [1.165, 1.54) is 41.5 Å². The van der Waals surface area contributed by atoms with E-state index in [0.29, 0.717) is 22.3 Å². The van der Waals surface area contributed by atoms with Gasteiger partial charge in [-0.25, -0.2) is 9.97 Å². The van der Waals surface area contributed by atoms with E-state index in [0.717, 1.165) is 23.1 Å². The Bertz CT molecular complexity index is 921. The van der Waals surface area contributed by atoms with Crippen molar-refractivity contribution in [2.24, 2.45) is 0 Å². The molecule has 25 heavy (non-hydrogen) atoms. The number of anilines is 1. The molecule has 0 unspecified atom stereocenters. The molecule has 0 fully saturated rings. The quantitative estimate of drug-likeness (QED) is 0.317. The number of hydrogen-bond donors (Lipinski definition) is 1. The molecule has 0 radical (unpaired) electrons. The molecule has 1 aromatic carbocycles. The van der Waals surface area contributed by atoms with Crippen LogP contribution in [0.25, 0.3) is 10.2 Å². The summed E-state index contributed by atoms with van der Waals surface area (Å²) in [6.07, 6.45) is 5.91. The van der Waals surface area contributed by atoms with Crippen LogP contribution in [-0.2, 0) is 12.8 Å². The van der Waals surface area contributed by atoms with Crippen molar-refractivity contribution in [2.45, 2.75) is 37.3 Å². The van der Waals surface area contributed by atoms with Crippen molar-refractivity contribution in [1.82, 2.24) is 9.97 Å². The van der Waals surface area contributed by atoms with Crippen LogP contribution >= 0.6 is 23.1 Å². The molecule has 2 aromatic heterocycles. The van der Waals surface area contributed by atoms with Gasteiger partial charge in [0.25, 0.3) is 0 Å². The molecule has 2 heterocycles. The first kappa shape index (κ1) is 16.5. The number of nitrogen functional groups attached to an aromatic ring is 1. The van der Waals surface area contributed by atoms with Crippen LogP contribution < -0.4 is 5.73 Å². The number of Topliss-reactive ketones (excluding diaryl/α,β-unsaturated/α-hetero) is 1. The Morgan fingerprint density at radius 1 is 1.12 bits per heavy atom. The molecule has 6 heteroatoms. The number of thioether (sulfide) groups is 1. The zero-order valence-corrected chi connectivity index (χ0v) is 15.5. The summed E-state index contributed by atoms with van der Waals surface area (Å²) >= 11 is 3.10. The highest BCUT2D eigenvalue weighted by atomic mass is 32.2. The van der Waals surface area contributed by atoms with Crippen LogP contribution in [0.15, 0.2) is 35.5 Å². The van der Waals surface area contributed by atoms with Crippen LogP contribution in [0, 0.1) is 0 Å². The lowest BCUT2D eigenvalue weighted by molar-refractivity contribution is 0.102. The van der Waals surface area contributed by atoms with Crippen molar-refractivity contribution in [2.75, 3.05) is 11.5 Å². The van der Waals surface area contributed by atoms with Gasteiger partial charge in [-0.2, -0.15) is 0 Å². The minimum atomic E-state index is 0.0785. The summed E-state index contributed by atoms with van der Waals surface area (Å²) in [5.74, 6) is 0.953. The van der Waals surface area contributed by atoms with Gasteiger partial charge in [-0.3, -0.25) is 4.79 Å². The summed E-state index contributed by atoms with van der Waals surface area (Å²) in [6.45, 7) is 0. The van der Waals surface area contributed by atoms with E-state index in [1.54, 1.807) is 11.3 Å². The second kappa shape index (κ2) is 7.14. The van der Waals surface area contributed by atoms with E-state index >= 15 is 0 Å². The number of hydrogen-bond acceptors (Lipinski definition) is 6. The number of aromatic nitrogens is 2. The zero-order valence-electron chi connectivity index (χ0n) is 13.8. The van der Waals surface area contributed by atoms with Gasteiger partial charge < -0.3 is 5.73 Å². The molecule has 0 amide bonds. The molecule has 0 saturated heterocycles. The minimum absolute atomic E-state index is 0.0785. The molecule has 0 aliphatic heterocycles. The van der Waals surface area contributed by atoms with E-state index in [-0.39, 0.29) is 5.78 Å². The van der Waals surface area contributed by atoms with Gasteiger partial charge >= 0.3 is 0 Å². The third kappa shape index (κ3) is 3.41. The average Bonchev–Trinajstić information content (AvgIpc) is 2.82. The largest absolute Gasteiger partial charge is 0.383 e. The predicted molar refractivity (Wildman–Crippen MR) is 105 cm³/mol. The number of thiophene rings is 1. The van der Waals surface area contributed by atoms with Crippen LogP contribution in [0.3, 0.4) is 0 Å². The Kier molecular flexibility index (Phi) is 4.72. The van der Waals surface area contributed by atoms with Crippen molar-refractivity contribution in [3.8, 4) is 0 Å². The lowest BCUT2D eigenvalue weighted by atomic mass is 10.1. The fourth-order valence-electron chi connectivity index (χ4n) is 3.24. The van der Waals surface area contributed by atoms with Gasteiger partial charge in [0.2, 0.25) is 0 Å². The molecule has 4 nitrogen and oxygen atoms in total. The number of nitrogens with two attached hydrogens (primary N) is 1. The van der Waals surface area contributed by atoms with Crippen molar-refractivity contribution in [3.63, 3.8) is 0 Å². The highest BCUT2D eigenvalue weighted by Crippen LogP contribution is 2.38. The van der Waals surface area contributed by atoms with Crippen LogP contribution in [0.2, 0.25) is 0 Å². The molecular weight excluding hydrogens is 350 g/mol. The molecule has 0 atom stereocenters. The van der Waals surface area contributed by atoms with E-state index in [4.69, 9.17) is 5.73 Å². The van der Waals surface area contributed by atoms with Crippen molar-refractivity contribution in [3.05, 3.63) is 46.3 Å². The Hall–Kier alpha value is -1.92. The molecule has 0 bridgehead atoms. The van der Waals surface area contributed by atoms with Gasteiger partial charge in [0.05, 0.1) is 11.1 Å². The summed E-state index contributed by atoms with van der Waals surface area (Å²) in [5, 5.41) is 1.63. The minimum Gasteiger partial charge on any atom is -0.383 e. The van der Waals surface area contributed by atoms with Gasteiger partial charge in [0.1, 0.15) is 10.6 Å². The predicted octanol–water partition coefficient (Wildman–Crippen LogP) is 4.52. The smallest absolute Gasteiger partial charge is 0.191 e. The fraction of sp³-hybridized carbons (Fsp3) is 0.316. The number of rotatable bonds is 4. The van der Waals surface area contributed by atoms with Crippen LogP contribution in [0.5, 0.6) is 0 Å². The number of aryl methyl sites for hydroxylation is 2. The van der Waals surface area contributed by atoms with Crippen LogP contribution in [0.1, 0.15) is 40.1 Å². The summed E-state index contributed by atoms with van der Waals surface area (Å²) in [5.41, 5.74) is 8.32. The Morgan fingerprint density at radius 2 is 1.92 bits per heavy atom. The molecular formula is C19H19N3OS2. The van der Waals surface area contributed by atoms with Crippen molar-refractivity contribution < 1.29 is 4.79 Å².